The molecule has 2 aliphatic heterocycles. The van der Waals surface area contributed by atoms with Crippen LogP contribution in [0.2, 0.25) is 5.02 Å². The molecule has 1 aromatic carbocycles. The fraction of sp³-hybridized carbons (Fsp3) is 0.500. The van der Waals surface area contributed by atoms with Crippen LogP contribution in [0, 0.1) is 11.7 Å². The molecule has 33 heavy (non-hydrogen) atoms. The second-order valence-electron chi connectivity index (χ2n) is 8.78. The highest BCUT2D eigenvalue weighted by molar-refractivity contribution is 6.35. The number of hydrogen-bond donors (Lipinski definition) is 1. The second-order valence-corrected chi connectivity index (χ2v) is 9.19. The topological polar surface area (TPSA) is 91.2 Å². The number of hydrogen-bond acceptors (Lipinski definition) is 5. The number of rotatable bonds is 5. The van der Waals surface area contributed by atoms with Gasteiger partial charge in [0.15, 0.2) is 0 Å². The quantitative estimate of drug-likeness (QED) is 0.651. The van der Waals surface area contributed by atoms with E-state index in [1.165, 1.54) is 23.1 Å². The smallest absolute Gasteiger partial charge is 0.312 e. The van der Waals surface area contributed by atoms with E-state index in [0.717, 1.165) is 0 Å². The highest BCUT2D eigenvalue weighted by Crippen LogP contribution is 2.50. The van der Waals surface area contributed by atoms with E-state index in [1.54, 1.807) is 13.0 Å². The third kappa shape index (κ3) is 4.53. The molecule has 2 fully saturated rings. The van der Waals surface area contributed by atoms with Crippen LogP contribution in [0.1, 0.15) is 31.7 Å². The van der Waals surface area contributed by atoms with Crippen LogP contribution in [-0.4, -0.2) is 53.1 Å². The Balaban J connectivity index is 1.40. The molecule has 2 heterocycles. The minimum atomic E-state index is -2.96. The fourth-order valence-electron chi connectivity index (χ4n) is 4.78. The summed E-state index contributed by atoms with van der Waals surface area (Å²) in [6.07, 6.45) is 0.619. The molecule has 1 aliphatic carbocycles. The fourth-order valence-corrected chi connectivity index (χ4v) is 4.98. The van der Waals surface area contributed by atoms with Gasteiger partial charge in [-0.1, -0.05) is 17.7 Å². The number of nitrogens with one attached hydrogen (secondary N) is 1. The molecule has 0 spiro atoms. The Labute approximate surface area is 193 Å². The van der Waals surface area contributed by atoms with Gasteiger partial charge in [-0.2, -0.15) is 10.2 Å². The summed E-state index contributed by atoms with van der Waals surface area (Å²) >= 11 is 5.77. The number of benzene rings is 1. The van der Waals surface area contributed by atoms with E-state index in [2.05, 4.69) is 15.5 Å². The molecule has 2 amide bonds. The molecule has 0 bridgehead atoms. The molecule has 11 heteroatoms. The number of halogens is 4. The lowest BCUT2D eigenvalue weighted by Gasteiger charge is -2.47. The Hall–Kier alpha value is -2.75. The highest BCUT2D eigenvalue weighted by atomic mass is 35.5. The summed E-state index contributed by atoms with van der Waals surface area (Å²) < 4.78 is 40.7. The van der Waals surface area contributed by atoms with Gasteiger partial charge in [0.1, 0.15) is 11.6 Å². The number of nitrogens with zero attached hydrogens (tertiary/aromatic N) is 3. The van der Waals surface area contributed by atoms with Crippen LogP contribution in [0.5, 0.6) is 0 Å². The lowest BCUT2D eigenvalue weighted by Crippen LogP contribution is -2.65. The molecule has 4 rings (SSSR count). The van der Waals surface area contributed by atoms with E-state index in [9.17, 15) is 27.6 Å². The first-order valence-corrected chi connectivity index (χ1v) is 10.9. The molecule has 0 aromatic heterocycles. The van der Waals surface area contributed by atoms with Gasteiger partial charge < -0.3 is 10.2 Å². The Morgan fingerprint density at radius 1 is 1.27 bits per heavy atom. The largest absolute Gasteiger partial charge is 0.336 e. The summed E-state index contributed by atoms with van der Waals surface area (Å²) in [5.41, 5.74) is -0.640. The van der Waals surface area contributed by atoms with E-state index >= 15 is 0 Å². The molecule has 7 nitrogen and oxygen atoms in total. The molecule has 0 radical (unpaired) electrons. The summed E-state index contributed by atoms with van der Waals surface area (Å²) in [6.45, 7) is 2.08. The average Bonchev–Trinajstić information content (AvgIpc) is 3.39. The van der Waals surface area contributed by atoms with Crippen molar-refractivity contribution in [2.45, 2.75) is 50.1 Å². The zero-order valence-electron chi connectivity index (χ0n) is 17.8. The van der Waals surface area contributed by atoms with Crippen molar-refractivity contribution in [3.8, 4) is 0 Å². The van der Waals surface area contributed by atoms with Gasteiger partial charge >= 0.3 is 11.8 Å². The molecule has 0 unspecified atom stereocenters. The number of alkyl halides is 2. The summed E-state index contributed by atoms with van der Waals surface area (Å²) in [5.74, 6) is -6.11. The van der Waals surface area contributed by atoms with E-state index in [1.807, 2.05) is 0 Å². The molecule has 1 saturated heterocycles. The zero-order valence-corrected chi connectivity index (χ0v) is 18.5. The zero-order chi connectivity index (χ0) is 24.0. The molecule has 2 atom stereocenters. The number of carbonyl (C=O) groups is 3. The van der Waals surface area contributed by atoms with Crippen molar-refractivity contribution in [1.29, 1.82) is 0 Å². The molecule has 3 aliphatic rings. The number of likely N-dealkylation sites (tertiary alicyclic amines) is 1. The first-order valence-electron chi connectivity index (χ1n) is 10.6. The van der Waals surface area contributed by atoms with E-state index < -0.39 is 53.9 Å². The predicted molar refractivity (Wildman–Crippen MR) is 112 cm³/mol. The SMILES string of the molecule is C[C@H]1[C@@H](C(=O)Cc2ccc(F)c(Cl)c2)CCN1C(=O)C(=O)NC1(C2=CCN=N2)CC(F)(F)C1. The van der Waals surface area contributed by atoms with Gasteiger partial charge in [0.2, 0.25) is 0 Å². The third-order valence-electron chi connectivity index (χ3n) is 6.49. The molecule has 1 saturated carbocycles. The summed E-state index contributed by atoms with van der Waals surface area (Å²) in [4.78, 5) is 39.6. The van der Waals surface area contributed by atoms with Gasteiger partial charge in [0, 0.05) is 37.8 Å². The summed E-state index contributed by atoms with van der Waals surface area (Å²) in [7, 11) is 0. The lowest BCUT2D eigenvalue weighted by atomic mass is 9.71. The van der Waals surface area contributed by atoms with Gasteiger partial charge in [0.25, 0.3) is 5.92 Å². The molecular formula is C22H22ClF3N4O3. The Morgan fingerprint density at radius 3 is 2.61 bits per heavy atom. The molecule has 1 N–H and O–H groups in total. The number of ketones is 1. The average molecular weight is 483 g/mol. The Morgan fingerprint density at radius 2 is 2.00 bits per heavy atom. The summed E-state index contributed by atoms with van der Waals surface area (Å²) in [6, 6.07) is 3.48. The summed E-state index contributed by atoms with van der Waals surface area (Å²) in [5, 5.41) is 9.96. The van der Waals surface area contributed by atoms with E-state index in [4.69, 9.17) is 11.6 Å². The Kier molecular flexibility index (Phi) is 6.07. The van der Waals surface area contributed by atoms with Crippen molar-refractivity contribution >= 4 is 29.2 Å². The third-order valence-corrected chi connectivity index (χ3v) is 6.78. The van der Waals surface area contributed by atoms with Crippen LogP contribution in [0.4, 0.5) is 13.2 Å². The van der Waals surface area contributed by atoms with Crippen LogP contribution < -0.4 is 5.32 Å². The second kappa shape index (κ2) is 8.55. The van der Waals surface area contributed by atoms with Crippen LogP contribution >= 0.6 is 11.6 Å². The van der Waals surface area contributed by atoms with E-state index in [0.29, 0.717) is 12.0 Å². The monoisotopic (exact) mass is 482 g/mol. The molecule has 176 valence electrons. The highest BCUT2D eigenvalue weighted by Gasteiger charge is 2.60. The minimum Gasteiger partial charge on any atom is -0.336 e. The standard InChI is InChI=1S/C22H22ClF3N4O3/c1-12-14(17(31)9-13-2-3-16(24)15(23)8-13)5-7-30(12)20(33)19(32)28-21(10-22(25,26)11-21)18-4-6-27-29-18/h2-4,8,12,14H,5-7,9-11H2,1H3,(H,28,32)/t12-,14-/m0/s1. The number of carbonyl (C=O) groups excluding carboxylic acids is 3. The lowest BCUT2D eigenvalue weighted by molar-refractivity contribution is -0.154. The number of Topliss-reactive ketones (excluding diaryl/α,β-unsaturated/α-hetero) is 1. The van der Waals surface area contributed by atoms with Crippen molar-refractivity contribution in [2.24, 2.45) is 16.1 Å². The van der Waals surface area contributed by atoms with Crippen molar-refractivity contribution < 1.29 is 27.6 Å². The maximum absolute atomic E-state index is 13.7. The van der Waals surface area contributed by atoms with E-state index in [-0.39, 0.29) is 36.0 Å². The van der Waals surface area contributed by atoms with Crippen molar-refractivity contribution in [2.75, 3.05) is 13.1 Å². The maximum Gasteiger partial charge on any atom is 0.312 e. The first kappa shape index (κ1) is 23.4. The molecule has 1 aromatic rings. The van der Waals surface area contributed by atoms with Crippen LogP contribution in [-0.2, 0) is 20.8 Å². The van der Waals surface area contributed by atoms with Gasteiger partial charge in [0.05, 0.1) is 22.8 Å². The van der Waals surface area contributed by atoms with Crippen molar-refractivity contribution in [1.82, 2.24) is 10.2 Å². The Bertz CT molecular complexity index is 1070. The first-order chi connectivity index (χ1) is 15.5. The van der Waals surface area contributed by atoms with Gasteiger partial charge in [-0.25, -0.2) is 13.2 Å². The number of azo groups is 1. The minimum absolute atomic E-state index is 0.0145. The predicted octanol–water partition coefficient (Wildman–Crippen LogP) is 3.46. The van der Waals surface area contributed by atoms with Crippen LogP contribution in [0.15, 0.2) is 40.2 Å². The van der Waals surface area contributed by atoms with Crippen LogP contribution in [0.25, 0.3) is 0 Å². The van der Waals surface area contributed by atoms with Crippen molar-refractivity contribution in [3.63, 3.8) is 0 Å². The normalized spacial score (nSPS) is 24.9. The molecular weight excluding hydrogens is 461 g/mol. The van der Waals surface area contributed by atoms with Gasteiger partial charge in [-0.3, -0.25) is 14.4 Å². The maximum atomic E-state index is 13.7. The van der Waals surface area contributed by atoms with Crippen molar-refractivity contribution in [3.05, 3.63) is 46.4 Å². The van der Waals surface area contributed by atoms with Gasteiger partial charge in [-0.05, 0) is 37.1 Å². The van der Waals surface area contributed by atoms with Crippen LogP contribution in [0.3, 0.4) is 0 Å². The van der Waals surface area contributed by atoms with Gasteiger partial charge in [-0.15, -0.1) is 0 Å². The number of amides is 2.